The number of nitrogens with zero attached hydrogens (tertiary/aromatic N) is 3. The molecule has 17 heavy (non-hydrogen) atoms. The van der Waals surface area contributed by atoms with Crippen LogP contribution in [0.15, 0.2) is 18.3 Å². The Morgan fingerprint density at radius 2 is 2.18 bits per heavy atom. The fraction of sp³-hybridized carbons (Fsp3) is 0.417. The van der Waals surface area contributed by atoms with Gasteiger partial charge in [-0.3, -0.25) is 9.20 Å². The Hall–Kier alpha value is -1.75. The minimum atomic E-state index is 0.404. The van der Waals surface area contributed by atoms with Gasteiger partial charge in [-0.1, -0.05) is 0 Å². The van der Waals surface area contributed by atoms with Crippen LogP contribution >= 0.6 is 0 Å². The Morgan fingerprint density at radius 1 is 1.35 bits per heavy atom. The molecule has 1 saturated heterocycles. The minimum absolute atomic E-state index is 0.404. The molecule has 88 valence electrons. The number of aromatic nitrogens is 3. The molecule has 1 fully saturated rings. The predicted octanol–water partition coefficient (Wildman–Crippen LogP) is 1.44. The molecule has 1 aliphatic rings. The number of hydrogen-bond donors (Lipinski definition) is 0. The maximum atomic E-state index is 10.7. The van der Waals surface area contributed by atoms with Gasteiger partial charge >= 0.3 is 0 Å². The molecule has 5 nitrogen and oxygen atoms in total. The highest BCUT2D eigenvalue weighted by atomic mass is 16.5. The lowest BCUT2D eigenvalue weighted by Gasteiger charge is -2.20. The highest BCUT2D eigenvalue weighted by molar-refractivity contribution is 5.76. The van der Waals surface area contributed by atoms with Crippen LogP contribution in [-0.2, 0) is 4.74 Å². The Kier molecular flexibility index (Phi) is 2.60. The van der Waals surface area contributed by atoms with Crippen molar-refractivity contribution in [3.05, 3.63) is 29.7 Å². The maximum absolute atomic E-state index is 10.7. The van der Waals surface area contributed by atoms with Crippen LogP contribution in [-0.4, -0.2) is 34.1 Å². The number of rotatable bonds is 2. The summed E-state index contributed by atoms with van der Waals surface area (Å²) in [4.78, 5) is 10.7. The van der Waals surface area contributed by atoms with E-state index in [1.54, 1.807) is 12.1 Å². The molecule has 0 unspecified atom stereocenters. The van der Waals surface area contributed by atoms with Crippen molar-refractivity contribution >= 4 is 11.9 Å². The van der Waals surface area contributed by atoms with E-state index in [-0.39, 0.29) is 0 Å². The van der Waals surface area contributed by atoms with Crippen LogP contribution in [0.4, 0.5) is 0 Å². The van der Waals surface area contributed by atoms with Gasteiger partial charge in [0.25, 0.3) is 0 Å². The molecule has 0 bridgehead atoms. The van der Waals surface area contributed by atoms with E-state index in [1.165, 1.54) is 0 Å². The van der Waals surface area contributed by atoms with Crippen LogP contribution in [0.1, 0.15) is 34.9 Å². The van der Waals surface area contributed by atoms with Crippen LogP contribution in [0, 0.1) is 0 Å². The molecule has 0 saturated carbocycles. The van der Waals surface area contributed by atoms with Gasteiger partial charge < -0.3 is 4.74 Å². The number of ether oxygens (including phenoxy) is 1. The molecule has 0 radical (unpaired) electrons. The van der Waals surface area contributed by atoms with Crippen LogP contribution in [0.25, 0.3) is 5.65 Å². The van der Waals surface area contributed by atoms with Crippen molar-refractivity contribution in [2.45, 2.75) is 18.8 Å². The number of pyridine rings is 1. The van der Waals surface area contributed by atoms with Crippen molar-refractivity contribution in [1.29, 1.82) is 0 Å². The summed E-state index contributed by atoms with van der Waals surface area (Å²) >= 11 is 0. The lowest BCUT2D eigenvalue weighted by atomic mass is 9.99. The smallest absolute Gasteiger partial charge is 0.161 e. The van der Waals surface area contributed by atoms with E-state index in [0.717, 1.165) is 43.8 Å². The molecule has 0 aliphatic carbocycles. The van der Waals surface area contributed by atoms with Crippen molar-refractivity contribution in [2.75, 3.05) is 13.2 Å². The topological polar surface area (TPSA) is 56.5 Å². The Morgan fingerprint density at radius 3 is 2.94 bits per heavy atom. The molecule has 3 rings (SSSR count). The molecular formula is C12H13N3O2. The monoisotopic (exact) mass is 231 g/mol. The number of carbonyl (C=O) groups excluding carboxylic acids is 1. The Labute approximate surface area is 98.4 Å². The van der Waals surface area contributed by atoms with Gasteiger partial charge in [0.05, 0.1) is 0 Å². The maximum Gasteiger partial charge on any atom is 0.161 e. The van der Waals surface area contributed by atoms with Gasteiger partial charge in [0, 0.05) is 30.9 Å². The molecule has 2 aromatic rings. The lowest BCUT2D eigenvalue weighted by molar-refractivity contribution is 0.0834. The van der Waals surface area contributed by atoms with Crippen molar-refractivity contribution < 1.29 is 9.53 Å². The molecule has 0 aromatic carbocycles. The zero-order chi connectivity index (χ0) is 11.7. The summed E-state index contributed by atoms with van der Waals surface area (Å²) in [7, 11) is 0. The normalized spacial score (nSPS) is 17.4. The number of fused-ring (bicyclic) bond motifs is 1. The van der Waals surface area contributed by atoms with Crippen LogP contribution in [0.2, 0.25) is 0 Å². The highest BCUT2D eigenvalue weighted by Crippen LogP contribution is 2.25. The molecule has 0 N–H and O–H groups in total. The Balaban J connectivity index is 2.02. The van der Waals surface area contributed by atoms with Gasteiger partial charge in [-0.2, -0.15) is 0 Å². The largest absolute Gasteiger partial charge is 0.381 e. The zero-order valence-electron chi connectivity index (χ0n) is 9.37. The molecule has 0 spiro atoms. The molecular weight excluding hydrogens is 218 g/mol. The summed E-state index contributed by atoms with van der Waals surface area (Å²) < 4.78 is 7.30. The first kappa shape index (κ1) is 10.4. The van der Waals surface area contributed by atoms with Gasteiger partial charge in [-0.15, -0.1) is 10.2 Å². The van der Waals surface area contributed by atoms with Crippen molar-refractivity contribution in [1.82, 2.24) is 14.6 Å². The van der Waals surface area contributed by atoms with Crippen LogP contribution < -0.4 is 0 Å². The third-order valence-corrected chi connectivity index (χ3v) is 3.18. The van der Waals surface area contributed by atoms with E-state index in [4.69, 9.17) is 4.74 Å². The van der Waals surface area contributed by atoms with Gasteiger partial charge in [0.1, 0.15) is 12.1 Å². The average Bonchev–Trinajstić information content (AvgIpc) is 2.82. The summed E-state index contributed by atoms with van der Waals surface area (Å²) in [6.45, 7) is 1.57. The number of hydrogen-bond acceptors (Lipinski definition) is 4. The van der Waals surface area contributed by atoms with Gasteiger partial charge in [0.2, 0.25) is 0 Å². The van der Waals surface area contributed by atoms with E-state index in [1.807, 2.05) is 10.6 Å². The lowest BCUT2D eigenvalue weighted by Crippen LogP contribution is -2.16. The van der Waals surface area contributed by atoms with Crippen molar-refractivity contribution in [2.24, 2.45) is 0 Å². The second-order valence-electron chi connectivity index (χ2n) is 4.25. The first-order chi connectivity index (χ1) is 8.38. The summed E-state index contributed by atoms with van der Waals surface area (Å²) in [5.74, 6) is 1.38. The zero-order valence-corrected chi connectivity index (χ0v) is 9.37. The van der Waals surface area contributed by atoms with Crippen molar-refractivity contribution in [3.8, 4) is 0 Å². The second kappa shape index (κ2) is 4.25. The molecule has 5 heteroatoms. The van der Waals surface area contributed by atoms with E-state index < -0.39 is 0 Å². The van der Waals surface area contributed by atoms with E-state index in [2.05, 4.69) is 10.2 Å². The van der Waals surface area contributed by atoms with E-state index in [0.29, 0.717) is 11.5 Å². The number of carbonyl (C=O) groups is 1. The van der Waals surface area contributed by atoms with Gasteiger partial charge in [-0.05, 0) is 25.0 Å². The molecule has 0 amide bonds. The average molecular weight is 231 g/mol. The van der Waals surface area contributed by atoms with Crippen molar-refractivity contribution in [3.63, 3.8) is 0 Å². The van der Waals surface area contributed by atoms with Gasteiger partial charge in [0.15, 0.2) is 5.65 Å². The summed E-state index contributed by atoms with van der Waals surface area (Å²) in [5.41, 5.74) is 1.36. The minimum Gasteiger partial charge on any atom is -0.381 e. The van der Waals surface area contributed by atoms with E-state index >= 15 is 0 Å². The summed E-state index contributed by atoms with van der Waals surface area (Å²) in [6, 6.07) is 3.54. The van der Waals surface area contributed by atoms with Crippen LogP contribution in [0.3, 0.4) is 0 Å². The SMILES string of the molecule is O=Cc1ccn2c(C3CCOCC3)nnc2c1. The first-order valence-corrected chi connectivity index (χ1v) is 5.76. The predicted molar refractivity (Wildman–Crippen MR) is 61.2 cm³/mol. The number of aldehydes is 1. The third kappa shape index (κ3) is 1.82. The van der Waals surface area contributed by atoms with Crippen LogP contribution in [0.5, 0.6) is 0 Å². The third-order valence-electron chi connectivity index (χ3n) is 3.18. The molecule has 0 atom stereocenters. The fourth-order valence-electron chi connectivity index (χ4n) is 2.23. The summed E-state index contributed by atoms with van der Waals surface area (Å²) in [6.07, 6.45) is 4.65. The van der Waals surface area contributed by atoms with Gasteiger partial charge in [-0.25, -0.2) is 0 Å². The molecule has 3 heterocycles. The summed E-state index contributed by atoms with van der Waals surface area (Å²) in [5, 5.41) is 8.35. The highest BCUT2D eigenvalue weighted by Gasteiger charge is 2.21. The second-order valence-corrected chi connectivity index (χ2v) is 4.25. The first-order valence-electron chi connectivity index (χ1n) is 5.76. The fourth-order valence-corrected chi connectivity index (χ4v) is 2.23. The molecule has 2 aromatic heterocycles. The Bertz CT molecular complexity index is 544. The quantitative estimate of drug-likeness (QED) is 0.734. The molecule has 1 aliphatic heterocycles. The standard InChI is InChI=1S/C12H13N3O2/c16-8-9-1-4-15-11(7-9)13-14-12(15)10-2-5-17-6-3-10/h1,4,7-8,10H,2-3,5-6H2. The van der Waals surface area contributed by atoms with E-state index in [9.17, 15) is 4.79 Å².